The smallest absolute Gasteiger partial charge is 0.0514 e. The van der Waals surface area contributed by atoms with Crippen molar-refractivity contribution in [2.24, 2.45) is 5.73 Å². The highest BCUT2D eigenvalue weighted by Crippen LogP contribution is 2.49. The van der Waals surface area contributed by atoms with E-state index < -0.39 is 0 Å². The average Bonchev–Trinajstić information content (AvgIpc) is 2.82. The molecule has 1 heterocycles. The summed E-state index contributed by atoms with van der Waals surface area (Å²) in [4.78, 5) is 2.47. The van der Waals surface area contributed by atoms with Crippen molar-refractivity contribution < 1.29 is 0 Å². The van der Waals surface area contributed by atoms with E-state index in [-0.39, 0.29) is 0 Å². The molecule has 0 amide bonds. The first kappa shape index (κ1) is 10.8. The molecule has 2 heteroatoms. The predicted molar refractivity (Wildman–Crippen MR) is 72.5 cm³/mol. The number of nitrogens with two attached hydrogens (primary N) is 1. The van der Waals surface area contributed by atoms with Crippen molar-refractivity contribution in [3.05, 3.63) is 42.0 Å². The van der Waals surface area contributed by atoms with Crippen LogP contribution in [0.4, 0.5) is 5.69 Å². The van der Waals surface area contributed by atoms with E-state index in [1.807, 2.05) is 6.08 Å². The number of hydrogen-bond donors (Lipinski definition) is 1. The third-order valence-corrected chi connectivity index (χ3v) is 4.30. The van der Waals surface area contributed by atoms with E-state index >= 15 is 0 Å². The fourth-order valence-corrected chi connectivity index (χ4v) is 3.67. The zero-order valence-electron chi connectivity index (χ0n) is 10.4. The Kier molecular flexibility index (Phi) is 2.48. The van der Waals surface area contributed by atoms with E-state index in [1.54, 1.807) is 0 Å². The van der Waals surface area contributed by atoms with E-state index in [0.29, 0.717) is 18.0 Å². The van der Waals surface area contributed by atoms with Gasteiger partial charge in [-0.15, -0.1) is 6.58 Å². The maximum Gasteiger partial charge on any atom is 0.0514 e. The molecule has 1 aromatic carbocycles. The second kappa shape index (κ2) is 3.88. The van der Waals surface area contributed by atoms with Crippen molar-refractivity contribution in [3.63, 3.8) is 0 Å². The first-order chi connectivity index (χ1) is 8.24. The summed E-state index contributed by atoms with van der Waals surface area (Å²) in [6, 6.07) is 7.45. The van der Waals surface area contributed by atoms with Gasteiger partial charge in [-0.05, 0) is 30.9 Å². The van der Waals surface area contributed by atoms with Gasteiger partial charge in [0.25, 0.3) is 0 Å². The Morgan fingerprint density at radius 3 is 3.06 bits per heavy atom. The molecule has 0 aromatic heterocycles. The fraction of sp³-hybridized carbons (Fsp3) is 0.467. The van der Waals surface area contributed by atoms with Crippen LogP contribution in [-0.2, 0) is 0 Å². The van der Waals surface area contributed by atoms with Gasteiger partial charge in [-0.2, -0.15) is 0 Å². The van der Waals surface area contributed by atoms with Crippen LogP contribution in [0.3, 0.4) is 0 Å². The summed E-state index contributed by atoms with van der Waals surface area (Å²) in [5.74, 6) is 0.639. The van der Waals surface area contributed by atoms with Crippen molar-refractivity contribution >= 4 is 5.69 Å². The van der Waals surface area contributed by atoms with Crippen LogP contribution in [0.5, 0.6) is 0 Å². The highest BCUT2D eigenvalue weighted by atomic mass is 15.2. The zero-order valence-corrected chi connectivity index (χ0v) is 10.4. The van der Waals surface area contributed by atoms with Crippen LogP contribution in [0.25, 0.3) is 0 Å². The molecule has 2 nitrogen and oxygen atoms in total. The first-order valence-corrected chi connectivity index (χ1v) is 6.46. The van der Waals surface area contributed by atoms with Gasteiger partial charge in [0, 0.05) is 24.2 Å². The molecule has 3 atom stereocenters. The van der Waals surface area contributed by atoms with Crippen molar-refractivity contribution in [1.29, 1.82) is 0 Å². The van der Waals surface area contributed by atoms with Crippen LogP contribution >= 0.6 is 0 Å². The highest BCUT2D eigenvalue weighted by Gasteiger charge is 2.45. The molecule has 1 fully saturated rings. The molecule has 0 bridgehead atoms. The first-order valence-electron chi connectivity index (χ1n) is 6.46. The van der Waals surface area contributed by atoms with Gasteiger partial charge in [-0.1, -0.05) is 24.3 Å². The Bertz CT molecular complexity index is 452. The normalized spacial score (nSPS) is 30.2. The highest BCUT2D eigenvalue weighted by molar-refractivity contribution is 5.67. The molecule has 0 saturated heterocycles. The molecule has 1 saturated carbocycles. The maximum atomic E-state index is 6.29. The zero-order chi connectivity index (χ0) is 12.0. The molecule has 0 spiro atoms. The number of benzene rings is 1. The summed E-state index contributed by atoms with van der Waals surface area (Å²) in [6.07, 6.45) is 4.37. The molecule has 0 radical (unpaired) electrons. The lowest BCUT2D eigenvalue weighted by atomic mass is 9.96. The molecular weight excluding hydrogens is 208 g/mol. The minimum atomic E-state index is 0.312. The predicted octanol–water partition coefficient (Wildman–Crippen LogP) is 2.57. The van der Waals surface area contributed by atoms with Gasteiger partial charge in [0.1, 0.15) is 0 Å². The average molecular weight is 228 g/mol. The maximum absolute atomic E-state index is 6.29. The van der Waals surface area contributed by atoms with Gasteiger partial charge < -0.3 is 10.6 Å². The molecule has 17 heavy (non-hydrogen) atoms. The van der Waals surface area contributed by atoms with Gasteiger partial charge in [0.05, 0.1) is 6.04 Å². The van der Waals surface area contributed by atoms with Crippen molar-refractivity contribution in [2.75, 3.05) is 11.4 Å². The Morgan fingerprint density at radius 2 is 2.29 bits per heavy atom. The Hall–Kier alpha value is -1.28. The van der Waals surface area contributed by atoms with Gasteiger partial charge >= 0.3 is 0 Å². The number of para-hydroxylation sites is 1. The summed E-state index contributed by atoms with van der Waals surface area (Å²) >= 11 is 0. The molecule has 2 aliphatic rings. The quantitative estimate of drug-likeness (QED) is 0.788. The second-order valence-electron chi connectivity index (χ2n) is 5.29. The second-order valence-corrected chi connectivity index (χ2v) is 5.29. The molecule has 1 aliphatic carbocycles. The lowest BCUT2D eigenvalue weighted by Gasteiger charge is -2.29. The third-order valence-electron chi connectivity index (χ3n) is 4.30. The third kappa shape index (κ3) is 1.44. The number of nitrogens with zero attached hydrogens (tertiary/aromatic N) is 1. The van der Waals surface area contributed by atoms with Gasteiger partial charge in [0.15, 0.2) is 0 Å². The monoisotopic (exact) mass is 228 g/mol. The Balaban J connectivity index is 2.11. The summed E-state index contributed by atoms with van der Waals surface area (Å²) in [5, 5.41) is 0. The Morgan fingerprint density at radius 1 is 1.47 bits per heavy atom. The summed E-state index contributed by atoms with van der Waals surface area (Å²) in [7, 11) is 0. The fourth-order valence-electron chi connectivity index (χ4n) is 3.67. The molecule has 1 aliphatic heterocycles. The number of fused-ring (bicyclic) bond motifs is 3. The van der Waals surface area contributed by atoms with E-state index in [1.165, 1.54) is 23.2 Å². The van der Waals surface area contributed by atoms with E-state index in [0.717, 1.165) is 13.0 Å². The minimum Gasteiger partial charge on any atom is -0.362 e. The van der Waals surface area contributed by atoms with Crippen LogP contribution < -0.4 is 10.6 Å². The van der Waals surface area contributed by atoms with Crippen LogP contribution in [-0.4, -0.2) is 18.6 Å². The van der Waals surface area contributed by atoms with Crippen molar-refractivity contribution in [1.82, 2.24) is 0 Å². The van der Waals surface area contributed by atoms with Crippen LogP contribution in [0.15, 0.2) is 30.9 Å². The number of anilines is 1. The van der Waals surface area contributed by atoms with Crippen molar-refractivity contribution in [2.45, 2.75) is 37.8 Å². The van der Waals surface area contributed by atoms with Crippen LogP contribution in [0.1, 0.15) is 29.9 Å². The summed E-state index contributed by atoms with van der Waals surface area (Å²) < 4.78 is 0. The largest absolute Gasteiger partial charge is 0.362 e. The SMILES string of the molecule is C=CCN1c2c(C)cccc2[C@@H]2CC[C@@H](N)[C@@H]21. The lowest BCUT2D eigenvalue weighted by molar-refractivity contribution is 0.549. The Labute approximate surface area is 103 Å². The van der Waals surface area contributed by atoms with Crippen molar-refractivity contribution in [3.8, 4) is 0 Å². The standard InChI is InChI=1S/C15H20N2/c1-3-9-17-14-10(2)5-4-6-11(14)12-7-8-13(16)15(12)17/h3-6,12-13,15H,1,7-9,16H2,2H3/t12-,13+,15+/m0/s1. The number of hydrogen-bond acceptors (Lipinski definition) is 2. The molecule has 0 unspecified atom stereocenters. The van der Waals surface area contributed by atoms with E-state index in [2.05, 4.69) is 36.6 Å². The summed E-state index contributed by atoms with van der Waals surface area (Å²) in [6.45, 7) is 6.99. The van der Waals surface area contributed by atoms with Gasteiger partial charge in [-0.3, -0.25) is 0 Å². The van der Waals surface area contributed by atoms with Gasteiger partial charge in [-0.25, -0.2) is 0 Å². The molecule has 3 rings (SSSR count). The lowest BCUT2D eigenvalue weighted by Crippen LogP contribution is -2.44. The van der Waals surface area contributed by atoms with E-state index in [9.17, 15) is 0 Å². The molecule has 2 N–H and O–H groups in total. The summed E-state index contributed by atoms with van der Waals surface area (Å²) in [5.41, 5.74) is 10.6. The molecule has 1 aromatic rings. The topological polar surface area (TPSA) is 29.3 Å². The molecule has 90 valence electrons. The number of rotatable bonds is 2. The van der Waals surface area contributed by atoms with E-state index in [4.69, 9.17) is 5.73 Å². The van der Waals surface area contributed by atoms with Gasteiger partial charge in [0.2, 0.25) is 0 Å². The molecular formula is C15H20N2. The van der Waals surface area contributed by atoms with Crippen LogP contribution in [0.2, 0.25) is 0 Å². The number of aryl methyl sites for hydroxylation is 1. The van der Waals surface area contributed by atoms with Crippen LogP contribution in [0, 0.1) is 6.92 Å². The minimum absolute atomic E-state index is 0.312.